The van der Waals surface area contributed by atoms with Crippen LogP contribution in [-0.2, 0) is 0 Å². The van der Waals surface area contributed by atoms with E-state index in [9.17, 15) is 0 Å². The molecule has 0 radical (unpaired) electrons. The second-order valence-corrected chi connectivity index (χ2v) is 4.97. The number of hydrogen-bond acceptors (Lipinski definition) is 0. The quantitative estimate of drug-likeness (QED) is 0.268. The standard InChI is InChI=1S/C19H32/c1-3-5-7-9-11-13-15-17-19-18-16-14-12-10-8-6-4-2/h9,11,13,15-19H,3-8,10,12,14H2,1-2H3/b11-9+,15-13+,18-16+,19-17+. The van der Waals surface area contributed by atoms with Gasteiger partial charge in [0, 0.05) is 0 Å². The molecule has 0 heteroatoms. The van der Waals surface area contributed by atoms with E-state index in [1.54, 1.807) is 0 Å². The van der Waals surface area contributed by atoms with E-state index < -0.39 is 0 Å². The SMILES string of the molecule is CCCC/C=C/C=C/C=C/C=C/CCCCCCC. The van der Waals surface area contributed by atoms with Crippen LogP contribution in [0.4, 0.5) is 0 Å². The van der Waals surface area contributed by atoms with Crippen LogP contribution in [0.3, 0.4) is 0 Å². The van der Waals surface area contributed by atoms with Gasteiger partial charge in [0.1, 0.15) is 0 Å². The lowest BCUT2D eigenvalue weighted by Crippen LogP contribution is -1.75. The molecule has 0 amide bonds. The summed E-state index contributed by atoms with van der Waals surface area (Å²) in [5, 5.41) is 0. The van der Waals surface area contributed by atoms with Crippen molar-refractivity contribution in [2.24, 2.45) is 0 Å². The Balaban J connectivity index is 3.41. The summed E-state index contributed by atoms with van der Waals surface area (Å²) in [6.07, 6.45) is 29.0. The highest BCUT2D eigenvalue weighted by molar-refractivity contribution is 5.15. The van der Waals surface area contributed by atoms with Crippen LogP contribution in [0.15, 0.2) is 48.6 Å². The lowest BCUT2D eigenvalue weighted by atomic mass is 10.1. The smallest absolute Gasteiger partial charge is 0.0348 e. The molecule has 0 atom stereocenters. The molecule has 108 valence electrons. The Labute approximate surface area is 121 Å². The summed E-state index contributed by atoms with van der Waals surface area (Å²) >= 11 is 0. The van der Waals surface area contributed by atoms with Crippen molar-refractivity contribution in [3.8, 4) is 0 Å². The van der Waals surface area contributed by atoms with E-state index in [1.165, 1.54) is 57.8 Å². The Morgan fingerprint density at radius 1 is 0.474 bits per heavy atom. The number of unbranched alkanes of at least 4 members (excludes halogenated alkanes) is 7. The molecule has 0 fully saturated rings. The third kappa shape index (κ3) is 17.0. The maximum atomic E-state index is 2.27. The van der Waals surface area contributed by atoms with Crippen LogP contribution in [0.25, 0.3) is 0 Å². The van der Waals surface area contributed by atoms with Crippen LogP contribution >= 0.6 is 0 Å². The van der Waals surface area contributed by atoms with E-state index in [2.05, 4.69) is 62.5 Å². The van der Waals surface area contributed by atoms with Gasteiger partial charge in [0.2, 0.25) is 0 Å². The highest BCUT2D eigenvalue weighted by Crippen LogP contribution is 2.05. The maximum absolute atomic E-state index is 2.27. The number of rotatable bonds is 12. The highest BCUT2D eigenvalue weighted by atomic mass is 13.9. The van der Waals surface area contributed by atoms with Crippen LogP contribution in [0.1, 0.15) is 71.6 Å². The molecule has 0 saturated carbocycles. The molecule has 0 aromatic heterocycles. The lowest BCUT2D eigenvalue weighted by molar-refractivity contribution is 0.637. The minimum atomic E-state index is 1.20. The van der Waals surface area contributed by atoms with Gasteiger partial charge < -0.3 is 0 Å². The summed E-state index contributed by atoms with van der Waals surface area (Å²) in [6.45, 7) is 4.49. The average molecular weight is 260 g/mol. The van der Waals surface area contributed by atoms with Gasteiger partial charge in [-0.25, -0.2) is 0 Å². The molecular weight excluding hydrogens is 228 g/mol. The van der Waals surface area contributed by atoms with Gasteiger partial charge in [-0.15, -0.1) is 0 Å². The zero-order chi connectivity index (χ0) is 14.0. The van der Waals surface area contributed by atoms with Crippen LogP contribution in [0, 0.1) is 0 Å². The van der Waals surface area contributed by atoms with E-state index in [0.717, 1.165) is 0 Å². The van der Waals surface area contributed by atoms with Crippen LogP contribution in [0.2, 0.25) is 0 Å². The van der Waals surface area contributed by atoms with E-state index >= 15 is 0 Å². The summed E-state index contributed by atoms with van der Waals surface area (Å²) in [7, 11) is 0. The first-order valence-corrected chi connectivity index (χ1v) is 8.06. The Kier molecular flexibility index (Phi) is 16.0. The minimum absolute atomic E-state index is 1.20. The largest absolute Gasteiger partial charge is 0.0845 e. The van der Waals surface area contributed by atoms with Crippen molar-refractivity contribution in [2.75, 3.05) is 0 Å². The van der Waals surface area contributed by atoms with Gasteiger partial charge in [0.05, 0.1) is 0 Å². The third-order valence-corrected chi connectivity index (χ3v) is 3.03. The first-order chi connectivity index (χ1) is 9.41. The lowest BCUT2D eigenvalue weighted by Gasteiger charge is -1.95. The van der Waals surface area contributed by atoms with Crippen molar-refractivity contribution in [3.05, 3.63) is 48.6 Å². The van der Waals surface area contributed by atoms with E-state index in [0.29, 0.717) is 0 Å². The summed E-state index contributed by atoms with van der Waals surface area (Å²) < 4.78 is 0. The highest BCUT2D eigenvalue weighted by Gasteiger charge is 1.85. The van der Waals surface area contributed by atoms with E-state index in [1.807, 2.05) is 0 Å². The van der Waals surface area contributed by atoms with E-state index in [-0.39, 0.29) is 0 Å². The predicted octanol–water partition coefficient (Wildman–Crippen LogP) is 6.76. The zero-order valence-corrected chi connectivity index (χ0v) is 13.0. The summed E-state index contributed by atoms with van der Waals surface area (Å²) in [5.74, 6) is 0. The van der Waals surface area contributed by atoms with Gasteiger partial charge in [-0.2, -0.15) is 0 Å². The van der Waals surface area contributed by atoms with E-state index in [4.69, 9.17) is 0 Å². The molecule has 0 bridgehead atoms. The monoisotopic (exact) mass is 260 g/mol. The fourth-order valence-corrected chi connectivity index (χ4v) is 1.79. The summed E-state index contributed by atoms with van der Waals surface area (Å²) in [5.41, 5.74) is 0. The Hall–Kier alpha value is -1.04. The van der Waals surface area contributed by atoms with Crippen molar-refractivity contribution in [3.63, 3.8) is 0 Å². The molecule has 0 rings (SSSR count). The first-order valence-electron chi connectivity index (χ1n) is 8.06. The molecule has 0 N–H and O–H groups in total. The molecule has 0 aliphatic rings. The maximum Gasteiger partial charge on any atom is -0.0348 e. The summed E-state index contributed by atoms with van der Waals surface area (Å²) in [6, 6.07) is 0. The molecule has 0 aromatic rings. The number of allylic oxidation sites excluding steroid dienone is 8. The molecular formula is C19H32. The van der Waals surface area contributed by atoms with Crippen LogP contribution < -0.4 is 0 Å². The van der Waals surface area contributed by atoms with Crippen molar-refractivity contribution in [1.29, 1.82) is 0 Å². The van der Waals surface area contributed by atoms with Gasteiger partial charge in [-0.3, -0.25) is 0 Å². The van der Waals surface area contributed by atoms with Crippen molar-refractivity contribution in [1.82, 2.24) is 0 Å². The first kappa shape index (κ1) is 18.0. The molecule has 0 unspecified atom stereocenters. The Morgan fingerprint density at radius 3 is 1.53 bits per heavy atom. The fraction of sp³-hybridized carbons (Fsp3) is 0.579. The average Bonchev–Trinajstić information content (AvgIpc) is 2.43. The fourth-order valence-electron chi connectivity index (χ4n) is 1.79. The molecule has 0 nitrogen and oxygen atoms in total. The van der Waals surface area contributed by atoms with Gasteiger partial charge in [0.25, 0.3) is 0 Å². The van der Waals surface area contributed by atoms with Crippen molar-refractivity contribution in [2.45, 2.75) is 71.6 Å². The molecule has 0 aliphatic heterocycles. The molecule has 0 spiro atoms. The van der Waals surface area contributed by atoms with Crippen LogP contribution in [-0.4, -0.2) is 0 Å². The zero-order valence-electron chi connectivity index (χ0n) is 13.0. The Morgan fingerprint density at radius 2 is 0.947 bits per heavy atom. The van der Waals surface area contributed by atoms with Gasteiger partial charge in [0.15, 0.2) is 0 Å². The predicted molar refractivity (Wildman–Crippen MR) is 89.5 cm³/mol. The summed E-state index contributed by atoms with van der Waals surface area (Å²) in [4.78, 5) is 0. The third-order valence-electron chi connectivity index (χ3n) is 3.03. The topological polar surface area (TPSA) is 0 Å². The molecule has 0 heterocycles. The van der Waals surface area contributed by atoms with Gasteiger partial charge in [-0.1, -0.05) is 101 Å². The molecule has 19 heavy (non-hydrogen) atoms. The molecule has 0 saturated heterocycles. The molecule has 0 aliphatic carbocycles. The minimum Gasteiger partial charge on any atom is -0.0845 e. The van der Waals surface area contributed by atoms with Gasteiger partial charge in [-0.05, 0) is 19.3 Å². The van der Waals surface area contributed by atoms with Crippen LogP contribution in [0.5, 0.6) is 0 Å². The second kappa shape index (κ2) is 17.0. The van der Waals surface area contributed by atoms with Gasteiger partial charge >= 0.3 is 0 Å². The number of hydrogen-bond donors (Lipinski definition) is 0. The molecule has 0 aromatic carbocycles. The second-order valence-electron chi connectivity index (χ2n) is 4.97. The Bertz CT molecular complexity index is 266. The van der Waals surface area contributed by atoms with Crippen molar-refractivity contribution < 1.29 is 0 Å². The normalized spacial score (nSPS) is 12.7. The van der Waals surface area contributed by atoms with Crippen molar-refractivity contribution >= 4 is 0 Å².